The monoisotopic (exact) mass is 495 g/mol. The number of benzene rings is 3. The highest BCUT2D eigenvalue weighted by Gasteiger charge is 2.35. The summed E-state index contributed by atoms with van der Waals surface area (Å²) >= 11 is 0. The lowest BCUT2D eigenvalue weighted by molar-refractivity contribution is -0.121. The summed E-state index contributed by atoms with van der Waals surface area (Å²) in [4.78, 5) is 25.7. The number of carbonyl (C=O) groups excluding carboxylic acids is 1. The zero-order valence-corrected chi connectivity index (χ0v) is 22.2. The van der Waals surface area contributed by atoms with Crippen molar-refractivity contribution in [3.05, 3.63) is 81.8 Å². The van der Waals surface area contributed by atoms with Gasteiger partial charge in [0.25, 0.3) is 0 Å². The second kappa shape index (κ2) is 9.51. The quantitative estimate of drug-likeness (QED) is 0.340. The van der Waals surface area contributed by atoms with Crippen molar-refractivity contribution in [3.63, 3.8) is 0 Å². The number of imidazole rings is 1. The van der Waals surface area contributed by atoms with Crippen LogP contribution in [-0.4, -0.2) is 22.1 Å². The Hall–Kier alpha value is -3.34. The van der Waals surface area contributed by atoms with Gasteiger partial charge >= 0.3 is 5.69 Å². The van der Waals surface area contributed by atoms with Crippen LogP contribution in [0.25, 0.3) is 21.8 Å². The Morgan fingerprint density at radius 2 is 1.81 bits per heavy atom. The summed E-state index contributed by atoms with van der Waals surface area (Å²) in [5.41, 5.74) is 6.24. The molecule has 192 valence electrons. The zero-order valence-electron chi connectivity index (χ0n) is 22.2. The van der Waals surface area contributed by atoms with E-state index in [1.807, 2.05) is 28.8 Å². The molecule has 1 fully saturated rings. The first-order valence-corrected chi connectivity index (χ1v) is 13.9. The molecule has 1 aromatic heterocycles. The molecule has 1 heterocycles. The van der Waals surface area contributed by atoms with E-state index in [1.165, 1.54) is 28.3 Å². The molecule has 5 heteroatoms. The Balaban J connectivity index is 1.26. The molecule has 0 radical (unpaired) electrons. The minimum absolute atomic E-state index is 0.0580. The molecule has 2 aliphatic carbocycles. The molecule has 0 bridgehead atoms. The molecule has 0 saturated heterocycles. The van der Waals surface area contributed by atoms with Crippen LogP contribution in [0.5, 0.6) is 0 Å². The highest BCUT2D eigenvalue weighted by Crippen LogP contribution is 2.48. The summed E-state index contributed by atoms with van der Waals surface area (Å²) in [6, 6.07) is 19.5. The zero-order chi connectivity index (χ0) is 25.7. The van der Waals surface area contributed by atoms with Crippen LogP contribution in [0.2, 0.25) is 0 Å². The first kappa shape index (κ1) is 24.0. The number of hydrogen-bond acceptors (Lipinski definition) is 2. The maximum absolute atomic E-state index is 13.6. The average molecular weight is 496 g/mol. The standard InChI is InChI=1S/C32H37N3O2/c1-20-14-15-23-9-7-11-25-27(18-26(20)31(23)25)21(2)22-8-6-10-24(17-16-22)35-29-13-5-4-12-28(29)34(32(35)37)19-30(36)33-3/h4-5,7,9,11-15,21-22,24,27H,6,8,10,16-19H2,1-3H3,(H,33,36). The third kappa shape index (κ3) is 4.00. The minimum Gasteiger partial charge on any atom is -0.358 e. The average Bonchev–Trinajstić information content (AvgIpc) is 3.32. The summed E-state index contributed by atoms with van der Waals surface area (Å²) < 4.78 is 3.62. The van der Waals surface area contributed by atoms with Crippen LogP contribution in [0.1, 0.15) is 67.7 Å². The fourth-order valence-corrected chi connectivity index (χ4v) is 7.34. The van der Waals surface area contributed by atoms with E-state index in [2.05, 4.69) is 49.5 Å². The van der Waals surface area contributed by atoms with Crippen molar-refractivity contribution in [1.29, 1.82) is 0 Å². The van der Waals surface area contributed by atoms with Gasteiger partial charge in [-0.15, -0.1) is 0 Å². The highest BCUT2D eigenvalue weighted by atomic mass is 16.2. The summed E-state index contributed by atoms with van der Waals surface area (Å²) in [5.74, 6) is 1.67. The van der Waals surface area contributed by atoms with Crippen LogP contribution in [0.15, 0.2) is 59.4 Å². The predicted octanol–water partition coefficient (Wildman–Crippen LogP) is 6.11. The molecule has 4 aromatic rings. The molecule has 2 aliphatic rings. The number of rotatable bonds is 5. The van der Waals surface area contributed by atoms with E-state index in [-0.39, 0.29) is 24.2 Å². The predicted molar refractivity (Wildman–Crippen MR) is 150 cm³/mol. The topological polar surface area (TPSA) is 56.0 Å². The molecule has 1 amide bonds. The molecule has 1 saturated carbocycles. The number of fused-ring (bicyclic) bond motifs is 1. The number of para-hydroxylation sites is 2. The molecule has 37 heavy (non-hydrogen) atoms. The van der Waals surface area contributed by atoms with Gasteiger partial charge in [-0.3, -0.25) is 13.9 Å². The Labute approximate surface area is 218 Å². The number of nitrogens with one attached hydrogen (secondary N) is 1. The van der Waals surface area contributed by atoms with E-state index >= 15 is 0 Å². The molecule has 6 rings (SSSR count). The second-order valence-electron chi connectivity index (χ2n) is 11.3. The first-order valence-electron chi connectivity index (χ1n) is 13.9. The smallest absolute Gasteiger partial charge is 0.329 e. The Morgan fingerprint density at radius 3 is 2.62 bits per heavy atom. The summed E-state index contributed by atoms with van der Waals surface area (Å²) in [6.07, 6.45) is 6.64. The van der Waals surface area contributed by atoms with E-state index in [0.29, 0.717) is 17.8 Å². The van der Waals surface area contributed by atoms with Gasteiger partial charge in [-0.05, 0) is 90.0 Å². The molecule has 0 spiro atoms. The third-order valence-corrected chi connectivity index (χ3v) is 9.42. The van der Waals surface area contributed by atoms with Gasteiger partial charge in [-0.25, -0.2) is 4.79 Å². The fraction of sp³-hybridized carbons (Fsp3) is 0.438. The maximum atomic E-state index is 13.6. The Bertz CT molecular complexity index is 1550. The lowest BCUT2D eigenvalue weighted by Gasteiger charge is -2.29. The Morgan fingerprint density at radius 1 is 1.00 bits per heavy atom. The van der Waals surface area contributed by atoms with Gasteiger partial charge in [-0.1, -0.05) is 62.2 Å². The van der Waals surface area contributed by atoms with Gasteiger partial charge in [0.2, 0.25) is 5.91 Å². The van der Waals surface area contributed by atoms with Crippen molar-refractivity contribution in [2.45, 2.75) is 70.9 Å². The number of aryl methyl sites for hydroxylation is 1. The lowest BCUT2D eigenvalue weighted by Crippen LogP contribution is -2.32. The highest BCUT2D eigenvalue weighted by molar-refractivity contribution is 5.92. The molecular weight excluding hydrogens is 458 g/mol. The molecule has 4 atom stereocenters. The van der Waals surface area contributed by atoms with Crippen LogP contribution in [-0.2, 0) is 17.8 Å². The van der Waals surface area contributed by atoms with Gasteiger partial charge in [-0.2, -0.15) is 0 Å². The summed E-state index contributed by atoms with van der Waals surface area (Å²) in [5, 5.41) is 5.54. The van der Waals surface area contributed by atoms with Crippen molar-refractivity contribution in [2.24, 2.45) is 11.8 Å². The SMILES string of the molecule is CNC(=O)Cn1c(=O)n(C2CCCC(C(C)C3Cc4c(C)ccc5cccc3c45)CC2)c2ccccc21. The molecule has 4 unspecified atom stereocenters. The molecular formula is C32H37N3O2. The fourth-order valence-electron chi connectivity index (χ4n) is 7.34. The van der Waals surface area contributed by atoms with Crippen LogP contribution in [0.4, 0.5) is 0 Å². The normalized spacial score (nSPS) is 22.3. The maximum Gasteiger partial charge on any atom is 0.329 e. The van der Waals surface area contributed by atoms with Crippen molar-refractivity contribution in [1.82, 2.24) is 14.5 Å². The van der Waals surface area contributed by atoms with Crippen molar-refractivity contribution >= 4 is 27.7 Å². The number of likely N-dealkylation sites (N-methyl/N-ethyl adjacent to an activating group) is 1. The van der Waals surface area contributed by atoms with Crippen LogP contribution in [0, 0.1) is 18.8 Å². The lowest BCUT2D eigenvalue weighted by atomic mass is 9.76. The molecule has 1 N–H and O–H groups in total. The summed E-state index contributed by atoms with van der Waals surface area (Å²) in [6.45, 7) is 4.78. The van der Waals surface area contributed by atoms with Gasteiger partial charge < -0.3 is 5.32 Å². The van der Waals surface area contributed by atoms with Crippen molar-refractivity contribution in [2.75, 3.05) is 7.05 Å². The van der Waals surface area contributed by atoms with E-state index in [4.69, 9.17) is 0 Å². The molecule has 5 nitrogen and oxygen atoms in total. The minimum atomic E-state index is -0.150. The number of hydrogen-bond donors (Lipinski definition) is 1. The summed E-state index contributed by atoms with van der Waals surface area (Å²) in [7, 11) is 1.61. The first-order chi connectivity index (χ1) is 18.0. The second-order valence-corrected chi connectivity index (χ2v) is 11.3. The number of carbonyl (C=O) groups is 1. The number of nitrogens with zero attached hydrogens (tertiary/aromatic N) is 2. The largest absolute Gasteiger partial charge is 0.358 e. The van der Waals surface area contributed by atoms with Crippen LogP contribution >= 0.6 is 0 Å². The number of amides is 1. The van der Waals surface area contributed by atoms with Gasteiger partial charge in [0.15, 0.2) is 0 Å². The van der Waals surface area contributed by atoms with Gasteiger partial charge in [0.05, 0.1) is 11.0 Å². The van der Waals surface area contributed by atoms with Gasteiger partial charge in [0.1, 0.15) is 6.54 Å². The van der Waals surface area contributed by atoms with Crippen molar-refractivity contribution < 1.29 is 4.79 Å². The number of aromatic nitrogens is 2. The van der Waals surface area contributed by atoms with E-state index in [9.17, 15) is 9.59 Å². The van der Waals surface area contributed by atoms with E-state index in [1.54, 1.807) is 17.2 Å². The van der Waals surface area contributed by atoms with E-state index in [0.717, 1.165) is 43.1 Å². The van der Waals surface area contributed by atoms with Crippen LogP contribution in [0.3, 0.4) is 0 Å². The van der Waals surface area contributed by atoms with Crippen molar-refractivity contribution in [3.8, 4) is 0 Å². The van der Waals surface area contributed by atoms with Gasteiger partial charge in [0, 0.05) is 13.1 Å². The molecule has 0 aliphatic heterocycles. The molecule has 3 aromatic carbocycles. The third-order valence-electron chi connectivity index (χ3n) is 9.42. The van der Waals surface area contributed by atoms with Crippen LogP contribution < -0.4 is 11.0 Å². The van der Waals surface area contributed by atoms with E-state index < -0.39 is 0 Å². The Kier molecular flexibility index (Phi) is 6.18.